The quantitative estimate of drug-likeness (QED) is 0.784. The number of hydrogen-bond acceptors (Lipinski definition) is 6. The van der Waals surface area contributed by atoms with E-state index in [2.05, 4.69) is 15.7 Å². The third kappa shape index (κ3) is 3.46. The first-order valence-corrected chi connectivity index (χ1v) is 6.09. The fraction of sp³-hybridized carbons (Fsp3) is 0.143. The Morgan fingerprint density at radius 1 is 0.900 bits per heavy atom. The molecule has 0 fully saturated rings. The molecule has 20 heavy (non-hydrogen) atoms. The molecule has 0 saturated carbocycles. The van der Waals surface area contributed by atoms with Crippen LogP contribution in [-0.4, -0.2) is 6.54 Å². The van der Waals surface area contributed by atoms with Gasteiger partial charge in [0, 0.05) is 18.3 Å². The minimum Gasteiger partial charge on any atom is -0.383 e. The third-order valence-electron chi connectivity index (χ3n) is 2.93. The molecule has 6 nitrogen and oxygen atoms in total. The molecule has 1 unspecified atom stereocenters. The molecule has 3 N–H and O–H groups in total. The van der Waals surface area contributed by atoms with Gasteiger partial charge in [0.1, 0.15) is 11.4 Å². The van der Waals surface area contributed by atoms with E-state index in [1.807, 2.05) is 0 Å². The van der Waals surface area contributed by atoms with Gasteiger partial charge in [0.2, 0.25) is 0 Å². The molecule has 0 aliphatic carbocycles. The second-order valence-electron chi connectivity index (χ2n) is 4.31. The molecule has 2 aromatic carbocycles. The molecule has 0 amide bonds. The Kier molecular flexibility index (Phi) is 4.52. The maximum atomic E-state index is 10.3. The van der Waals surface area contributed by atoms with Crippen LogP contribution in [0.25, 0.3) is 0 Å². The van der Waals surface area contributed by atoms with E-state index < -0.39 is 0 Å². The Bertz CT molecular complexity index is 581. The van der Waals surface area contributed by atoms with Gasteiger partial charge in [-0.05, 0) is 52.3 Å². The summed E-state index contributed by atoms with van der Waals surface area (Å²) >= 11 is 0. The zero-order valence-corrected chi connectivity index (χ0v) is 10.7. The van der Waals surface area contributed by atoms with Gasteiger partial charge in [0.15, 0.2) is 0 Å². The molecule has 2 rings (SSSR count). The highest BCUT2D eigenvalue weighted by molar-refractivity contribution is 5.51. The van der Waals surface area contributed by atoms with Gasteiger partial charge < -0.3 is 11.1 Å². The van der Waals surface area contributed by atoms with Crippen molar-refractivity contribution < 1.29 is 0 Å². The maximum absolute atomic E-state index is 10.3. The zero-order valence-electron chi connectivity index (χ0n) is 10.7. The van der Waals surface area contributed by atoms with Gasteiger partial charge in [-0.3, -0.25) is 0 Å². The summed E-state index contributed by atoms with van der Waals surface area (Å²) in [6, 6.07) is 13.4. The van der Waals surface area contributed by atoms with Gasteiger partial charge in [-0.15, -0.1) is 9.81 Å². The normalized spacial score (nSPS) is 11.7. The largest absolute Gasteiger partial charge is 0.383 e. The monoisotopic (exact) mass is 270 g/mol. The standard InChI is InChI=1S/C14H14N4O2/c15-14(10-1-3-12(17-19)4-2-10)9-16-11-5-7-13(18-20)8-6-11/h1-8,14,16H,9,15H2. The molecule has 0 aliphatic heterocycles. The highest BCUT2D eigenvalue weighted by Gasteiger charge is 2.06. The first-order valence-electron chi connectivity index (χ1n) is 6.09. The van der Waals surface area contributed by atoms with Gasteiger partial charge in [0.05, 0.1) is 0 Å². The molecular formula is C14H14N4O2. The summed E-state index contributed by atoms with van der Waals surface area (Å²) in [5.41, 5.74) is 8.59. The minimum absolute atomic E-state index is 0.209. The number of nitrogens with two attached hydrogens (primary N) is 1. The summed E-state index contributed by atoms with van der Waals surface area (Å²) < 4.78 is 0. The lowest BCUT2D eigenvalue weighted by Crippen LogP contribution is -2.20. The summed E-state index contributed by atoms with van der Waals surface area (Å²) in [6.07, 6.45) is 0. The Balaban J connectivity index is 1.94. The van der Waals surface area contributed by atoms with Crippen LogP contribution in [-0.2, 0) is 0 Å². The van der Waals surface area contributed by atoms with Crippen LogP contribution in [0, 0.1) is 9.81 Å². The second-order valence-corrected chi connectivity index (χ2v) is 4.31. The number of nitrogens with one attached hydrogen (secondary N) is 1. The van der Waals surface area contributed by atoms with E-state index >= 15 is 0 Å². The number of hydrogen-bond donors (Lipinski definition) is 2. The Morgan fingerprint density at radius 3 is 1.90 bits per heavy atom. The summed E-state index contributed by atoms with van der Waals surface area (Å²) in [5, 5.41) is 8.84. The van der Waals surface area contributed by atoms with Crippen LogP contribution in [0.2, 0.25) is 0 Å². The molecule has 6 heteroatoms. The lowest BCUT2D eigenvalue weighted by atomic mass is 10.1. The molecule has 0 saturated heterocycles. The van der Waals surface area contributed by atoms with Gasteiger partial charge in [-0.1, -0.05) is 12.1 Å². The summed E-state index contributed by atoms with van der Waals surface area (Å²) in [7, 11) is 0. The lowest BCUT2D eigenvalue weighted by molar-refractivity contribution is 0.764. The molecule has 0 aromatic heterocycles. The van der Waals surface area contributed by atoms with Crippen molar-refractivity contribution in [1.29, 1.82) is 0 Å². The third-order valence-corrected chi connectivity index (χ3v) is 2.93. The highest BCUT2D eigenvalue weighted by Crippen LogP contribution is 2.19. The Morgan fingerprint density at radius 2 is 1.40 bits per heavy atom. The number of rotatable bonds is 6. The maximum Gasteiger partial charge on any atom is 0.108 e. The van der Waals surface area contributed by atoms with Gasteiger partial charge in [-0.2, -0.15) is 0 Å². The number of anilines is 1. The number of benzene rings is 2. The van der Waals surface area contributed by atoms with E-state index in [-0.39, 0.29) is 6.04 Å². The molecular weight excluding hydrogens is 256 g/mol. The van der Waals surface area contributed by atoms with E-state index in [0.29, 0.717) is 17.9 Å². The van der Waals surface area contributed by atoms with Crippen molar-refractivity contribution in [2.45, 2.75) is 6.04 Å². The summed E-state index contributed by atoms with van der Waals surface area (Å²) in [4.78, 5) is 20.6. The fourth-order valence-electron chi connectivity index (χ4n) is 1.77. The van der Waals surface area contributed by atoms with Crippen molar-refractivity contribution in [2.75, 3.05) is 11.9 Å². The first kappa shape index (κ1) is 13.8. The van der Waals surface area contributed by atoms with Crippen LogP contribution in [0.15, 0.2) is 58.9 Å². The van der Waals surface area contributed by atoms with E-state index in [9.17, 15) is 9.81 Å². The van der Waals surface area contributed by atoms with Crippen LogP contribution in [0.5, 0.6) is 0 Å². The molecule has 2 aromatic rings. The SMILES string of the molecule is NC(CNc1ccc(N=O)cc1)c1ccc(N=O)cc1. The topological polar surface area (TPSA) is 96.9 Å². The van der Waals surface area contributed by atoms with Crippen LogP contribution in [0.3, 0.4) is 0 Å². The van der Waals surface area contributed by atoms with Crippen LogP contribution in [0.1, 0.15) is 11.6 Å². The van der Waals surface area contributed by atoms with Gasteiger partial charge in [0.25, 0.3) is 0 Å². The Hall–Kier alpha value is -2.60. The zero-order chi connectivity index (χ0) is 14.4. The van der Waals surface area contributed by atoms with Crippen molar-refractivity contribution in [3.63, 3.8) is 0 Å². The van der Waals surface area contributed by atoms with Crippen molar-refractivity contribution >= 4 is 17.1 Å². The van der Waals surface area contributed by atoms with E-state index in [1.54, 1.807) is 48.5 Å². The van der Waals surface area contributed by atoms with E-state index in [4.69, 9.17) is 5.73 Å². The molecule has 0 bridgehead atoms. The predicted octanol–water partition coefficient (Wildman–Crippen LogP) is 3.59. The summed E-state index contributed by atoms with van der Waals surface area (Å²) in [5.74, 6) is 0. The van der Waals surface area contributed by atoms with Gasteiger partial charge >= 0.3 is 0 Å². The molecule has 0 spiro atoms. The first-order chi connectivity index (χ1) is 9.72. The van der Waals surface area contributed by atoms with Crippen LogP contribution >= 0.6 is 0 Å². The number of nitrogens with zero attached hydrogens (tertiary/aromatic N) is 2. The minimum atomic E-state index is -0.209. The Labute approximate surface area is 115 Å². The summed E-state index contributed by atoms with van der Waals surface area (Å²) in [6.45, 7) is 0.529. The van der Waals surface area contributed by atoms with E-state index in [1.165, 1.54) is 0 Å². The van der Waals surface area contributed by atoms with Crippen molar-refractivity contribution in [1.82, 2.24) is 0 Å². The van der Waals surface area contributed by atoms with Crippen molar-refractivity contribution in [3.8, 4) is 0 Å². The average Bonchev–Trinajstić information content (AvgIpc) is 2.53. The predicted molar refractivity (Wildman–Crippen MR) is 79.2 cm³/mol. The van der Waals surface area contributed by atoms with Crippen molar-refractivity contribution in [3.05, 3.63) is 63.9 Å². The van der Waals surface area contributed by atoms with E-state index in [0.717, 1.165) is 11.3 Å². The second kappa shape index (κ2) is 6.53. The average molecular weight is 270 g/mol. The molecule has 0 aliphatic rings. The lowest BCUT2D eigenvalue weighted by Gasteiger charge is -2.14. The smallest absolute Gasteiger partial charge is 0.108 e. The molecule has 0 radical (unpaired) electrons. The van der Waals surface area contributed by atoms with Gasteiger partial charge in [-0.25, -0.2) is 0 Å². The number of nitroso groups, excluding NO2 is 2. The van der Waals surface area contributed by atoms with Crippen LogP contribution in [0.4, 0.5) is 17.1 Å². The van der Waals surface area contributed by atoms with Crippen molar-refractivity contribution in [2.24, 2.45) is 16.1 Å². The highest BCUT2D eigenvalue weighted by atomic mass is 16.3. The molecule has 1 atom stereocenters. The molecule has 102 valence electrons. The molecule has 0 heterocycles. The fourth-order valence-corrected chi connectivity index (χ4v) is 1.77. The van der Waals surface area contributed by atoms with Crippen LogP contribution < -0.4 is 11.1 Å².